The van der Waals surface area contributed by atoms with E-state index >= 15 is 0 Å². The summed E-state index contributed by atoms with van der Waals surface area (Å²) >= 11 is 0. The van der Waals surface area contributed by atoms with Crippen LogP contribution in [0.5, 0.6) is 0 Å². The van der Waals surface area contributed by atoms with E-state index in [1.807, 2.05) is 59.9 Å². The van der Waals surface area contributed by atoms with Crippen LogP contribution in [0.1, 0.15) is 41.2 Å². The lowest BCUT2D eigenvalue weighted by Gasteiger charge is -2.34. The van der Waals surface area contributed by atoms with Crippen molar-refractivity contribution < 1.29 is 4.79 Å². The lowest BCUT2D eigenvalue weighted by molar-refractivity contribution is 0.0620. The van der Waals surface area contributed by atoms with Gasteiger partial charge in [0.1, 0.15) is 11.5 Å². The molecule has 1 amide bonds. The number of carbonyl (C=O) groups excluding carboxylic acids is 1. The fourth-order valence-electron chi connectivity index (χ4n) is 4.27. The highest BCUT2D eigenvalue weighted by molar-refractivity contribution is 5.92. The van der Waals surface area contributed by atoms with Gasteiger partial charge in [-0.15, -0.1) is 37.2 Å². The van der Waals surface area contributed by atoms with Crippen LogP contribution in [0.15, 0.2) is 55.0 Å². The minimum Gasteiger partial charge on any atom is -0.357 e. The number of anilines is 1. The zero-order valence-corrected chi connectivity index (χ0v) is 23.6. The fourth-order valence-corrected chi connectivity index (χ4v) is 4.27. The Bertz CT molecular complexity index is 1150. The Labute approximate surface area is 237 Å². The lowest BCUT2D eigenvalue weighted by atomic mass is 10.1. The molecule has 2 aromatic heterocycles. The zero-order valence-electron chi connectivity index (χ0n) is 21.1. The van der Waals surface area contributed by atoms with Crippen LogP contribution in [0.25, 0.3) is 0 Å². The maximum absolute atomic E-state index is 13.1. The summed E-state index contributed by atoms with van der Waals surface area (Å²) in [5, 5.41) is 8.98. The molecule has 37 heavy (non-hydrogen) atoms. The maximum atomic E-state index is 13.1. The van der Waals surface area contributed by atoms with Crippen LogP contribution < -0.4 is 4.90 Å². The van der Waals surface area contributed by atoms with Crippen molar-refractivity contribution in [1.29, 1.82) is 5.26 Å². The minimum atomic E-state index is -0.000450. The van der Waals surface area contributed by atoms with Crippen molar-refractivity contribution in [2.24, 2.45) is 0 Å². The molecule has 1 fully saturated rings. The molecule has 11 heteroatoms. The van der Waals surface area contributed by atoms with Gasteiger partial charge < -0.3 is 14.4 Å². The van der Waals surface area contributed by atoms with E-state index in [2.05, 4.69) is 44.3 Å². The summed E-state index contributed by atoms with van der Waals surface area (Å²) in [4.78, 5) is 28.4. The number of hydrogen-bond donors (Lipinski definition) is 0. The number of aromatic nitrogens is 3. The molecule has 0 bridgehead atoms. The van der Waals surface area contributed by atoms with Crippen LogP contribution in [0.2, 0.25) is 0 Å². The molecule has 4 rings (SSSR count). The first-order valence-electron chi connectivity index (χ1n) is 11.8. The van der Waals surface area contributed by atoms with E-state index in [1.54, 1.807) is 0 Å². The standard InChI is InChI=1S/C26H31N7O.3ClH/c1-3-31(4-2)25-7-5-6-24(29-25)26(34)32-14-12-30(13-15-32)19-23-17-28-20-33(23)18-22-10-8-21(16-27)9-11-22;;;/h5-11,17,20H,3-4,12-15,18-19H2,1-2H3;3*1H. The first kappa shape index (κ1) is 32.2. The van der Waals surface area contributed by atoms with Crippen molar-refractivity contribution >= 4 is 48.9 Å². The largest absolute Gasteiger partial charge is 0.357 e. The van der Waals surface area contributed by atoms with Crippen molar-refractivity contribution in [3.8, 4) is 6.07 Å². The van der Waals surface area contributed by atoms with Gasteiger partial charge in [-0.05, 0) is 43.7 Å². The molecule has 0 saturated carbocycles. The smallest absolute Gasteiger partial charge is 0.272 e. The number of hydrogen-bond acceptors (Lipinski definition) is 6. The van der Waals surface area contributed by atoms with Gasteiger partial charge in [-0.25, -0.2) is 9.97 Å². The van der Waals surface area contributed by atoms with Gasteiger partial charge in [-0.3, -0.25) is 9.69 Å². The molecule has 0 radical (unpaired) electrons. The second-order valence-electron chi connectivity index (χ2n) is 8.44. The van der Waals surface area contributed by atoms with E-state index in [-0.39, 0.29) is 43.1 Å². The molecule has 0 atom stereocenters. The van der Waals surface area contributed by atoms with Crippen molar-refractivity contribution in [2.75, 3.05) is 44.2 Å². The third-order valence-corrected chi connectivity index (χ3v) is 6.32. The number of imidazole rings is 1. The van der Waals surface area contributed by atoms with Gasteiger partial charge in [-0.1, -0.05) is 18.2 Å². The van der Waals surface area contributed by atoms with E-state index in [0.29, 0.717) is 30.9 Å². The summed E-state index contributed by atoms with van der Waals surface area (Å²) in [5.74, 6) is 0.851. The Hall–Kier alpha value is -2.83. The molecule has 1 aliphatic rings. The Morgan fingerprint density at radius 1 is 0.973 bits per heavy atom. The molecule has 3 heterocycles. The van der Waals surface area contributed by atoms with Crippen molar-refractivity contribution in [1.82, 2.24) is 24.3 Å². The summed E-state index contributed by atoms with van der Waals surface area (Å²) in [5.41, 5.74) is 3.45. The monoisotopic (exact) mass is 565 g/mol. The van der Waals surface area contributed by atoms with Crippen LogP contribution in [-0.2, 0) is 13.1 Å². The molecule has 1 aromatic carbocycles. The number of carbonyl (C=O) groups is 1. The highest BCUT2D eigenvalue weighted by Gasteiger charge is 2.24. The third-order valence-electron chi connectivity index (χ3n) is 6.32. The lowest BCUT2D eigenvalue weighted by Crippen LogP contribution is -2.48. The van der Waals surface area contributed by atoms with Gasteiger partial charge in [0.05, 0.1) is 23.7 Å². The molecule has 0 aliphatic carbocycles. The maximum Gasteiger partial charge on any atom is 0.272 e. The Kier molecular flexibility index (Phi) is 13.4. The normalized spacial score (nSPS) is 12.9. The second-order valence-corrected chi connectivity index (χ2v) is 8.44. The topological polar surface area (TPSA) is 81.3 Å². The average molecular weight is 567 g/mol. The quantitative estimate of drug-likeness (QED) is 0.405. The fraction of sp³-hybridized carbons (Fsp3) is 0.385. The molecule has 8 nitrogen and oxygen atoms in total. The number of nitriles is 1. The van der Waals surface area contributed by atoms with Gasteiger partial charge in [0, 0.05) is 58.6 Å². The number of rotatable bonds is 8. The second kappa shape index (κ2) is 15.4. The van der Waals surface area contributed by atoms with Crippen LogP contribution in [0.3, 0.4) is 0 Å². The Morgan fingerprint density at radius 2 is 1.65 bits per heavy atom. The summed E-state index contributed by atoms with van der Waals surface area (Å²) < 4.78 is 2.14. The van der Waals surface area contributed by atoms with E-state index in [0.717, 1.165) is 49.8 Å². The summed E-state index contributed by atoms with van der Waals surface area (Å²) in [6.45, 7) is 10.4. The first-order valence-corrected chi connectivity index (χ1v) is 11.8. The number of halogens is 3. The number of amides is 1. The molecule has 1 aliphatic heterocycles. The minimum absolute atomic E-state index is 0. The SMILES string of the molecule is CCN(CC)c1cccc(C(=O)N2CCN(Cc3cncn3Cc3ccc(C#N)cc3)CC2)n1.Cl.Cl.Cl. The van der Waals surface area contributed by atoms with Crippen LogP contribution >= 0.6 is 37.2 Å². The summed E-state index contributed by atoms with van der Waals surface area (Å²) in [6.07, 6.45) is 3.76. The van der Waals surface area contributed by atoms with Crippen LogP contribution in [0, 0.1) is 11.3 Å². The van der Waals surface area contributed by atoms with E-state index < -0.39 is 0 Å². The van der Waals surface area contributed by atoms with Gasteiger partial charge in [-0.2, -0.15) is 5.26 Å². The highest BCUT2D eigenvalue weighted by atomic mass is 35.5. The van der Waals surface area contributed by atoms with E-state index in [4.69, 9.17) is 5.26 Å². The molecule has 0 spiro atoms. The van der Waals surface area contributed by atoms with E-state index in [9.17, 15) is 4.79 Å². The number of nitrogens with zero attached hydrogens (tertiary/aromatic N) is 7. The molecule has 3 aromatic rings. The Balaban J connectivity index is 0.00000228. The summed E-state index contributed by atoms with van der Waals surface area (Å²) in [7, 11) is 0. The predicted molar refractivity (Wildman–Crippen MR) is 153 cm³/mol. The van der Waals surface area contributed by atoms with Gasteiger partial charge >= 0.3 is 0 Å². The van der Waals surface area contributed by atoms with Crippen LogP contribution in [-0.4, -0.2) is 69.5 Å². The molecule has 0 unspecified atom stereocenters. The van der Waals surface area contributed by atoms with Crippen molar-refractivity contribution in [2.45, 2.75) is 26.9 Å². The molecular weight excluding hydrogens is 533 g/mol. The van der Waals surface area contributed by atoms with Crippen molar-refractivity contribution in [3.05, 3.63) is 77.5 Å². The van der Waals surface area contributed by atoms with Crippen molar-refractivity contribution in [3.63, 3.8) is 0 Å². The molecule has 1 saturated heterocycles. The van der Waals surface area contributed by atoms with E-state index in [1.165, 1.54) is 0 Å². The van der Waals surface area contributed by atoms with Gasteiger partial charge in [0.2, 0.25) is 0 Å². The molecule has 0 N–H and O–H groups in total. The van der Waals surface area contributed by atoms with Gasteiger partial charge in [0.25, 0.3) is 5.91 Å². The number of piperazine rings is 1. The zero-order chi connectivity index (χ0) is 23.9. The summed E-state index contributed by atoms with van der Waals surface area (Å²) in [6, 6.07) is 15.5. The third kappa shape index (κ3) is 8.08. The number of benzene rings is 1. The number of pyridine rings is 1. The Morgan fingerprint density at radius 3 is 2.27 bits per heavy atom. The van der Waals surface area contributed by atoms with Gasteiger partial charge in [0.15, 0.2) is 0 Å². The van der Waals surface area contributed by atoms with Crippen LogP contribution in [0.4, 0.5) is 5.82 Å². The highest BCUT2D eigenvalue weighted by Crippen LogP contribution is 2.15. The average Bonchev–Trinajstić information content (AvgIpc) is 3.31. The molecular formula is C26H34Cl3N7O. The molecule has 200 valence electrons. The first-order chi connectivity index (χ1) is 16.6. The predicted octanol–water partition coefficient (Wildman–Crippen LogP) is 4.27.